The number of hydrogen-bond donors (Lipinski definition) is 1. The van der Waals surface area contributed by atoms with Gasteiger partial charge in [0.1, 0.15) is 12.4 Å². The minimum Gasteiger partial charge on any atom is -0.381 e. The number of anilines is 1. The van der Waals surface area contributed by atoms with Gasteiger partial charge >= 0.3 is 0 Å². The molecule has 0 radical (unpaired) electrons. The van der Waals surface area contributed by atoms with Crippen molar-refractivity contribution in [3.63, 3.8) is 0 Å². The van der Waals surface area contributed by atoms with Gasteiger partial charge in [-0.15, -0.1) is 0 Å². The first-order chi connectivity index (χ1) is 14.5. The Bertz CT molecular complexity index is 909. The number of carbonyl (C=O) groups is 2. The number of benzene rings is 2. The van der Waals surface area contributed by atoms with E-state index in [1.54, 1.807) is 6.07 Å². The van der Waals surface area contributed by atoms with Crippen LogP contribution in [0.1, 0.15) is 36.8 Å². The molecule has 0 amide bonds. The summed E-state index contributed by atoms with van der Waals surface area (Å²) in [6.45, 7) is 2.54. The third-order valence-corrected chi connectivity index (χ3v) is 4.92. The SMILES string of the molecule is CC(=O)C(=NNc1ccc(C2CCOCC2)cc1F)C(=O)COCc1ccccc1. The number of nitrogens with one attached hydrogen (secondary N) is 1. The van der Waals surface area contributed by atoms with Gasteiger partial charge in [0.25, 0.3) is 0 Å². The number of ketones is 2. The number of hydrogen-bond acceptors (Lipinski definition) is 6. The fourth-order valence-corrected chi connectivity index (χ4v) is 3.26. The molecule has 0 saturated carbocycles. The van der Waals surface area contributed by atoms with Crippen molar-refractivity contribution in [1.82, 2.24) is 0 Å². The normalized spacial score (nSPS) is 15.1. The molecule has 6 nitrogen and oxygen atoms in total. The van der Waals surface area contributed by atoms with Crippen LogP contribution in [0, 0.1) is 5.82 Å². The van der Waals surface area contributed by atoms with Gasteiger partial charge in [-0.3, -0.25) is 15.0 Å². The van der Waals surface area contributed by atoms with Crippen LogP contribution in [0.2, 0.25) is 0 Å². The molecule has 1 heterocycles. The van der Waals surface area contributed by atoms with Crippen LogP contribution in [0.3, 0.4) is 0 Å². The molecule has 30 heavy (non-hydrogen) atoms. The van der Waals surface area contributed by atoms with Crippen molar-refractivity contribution in [2.24, 2.45) is 5.10 Å². The number of nitrogens with zero attached hydrogens (tertiary/aromatic N) is 1. The van der Waals surface area contributed by atoms with Gasteiger partial charge in [0.05, 0.1) is 12.3 Å². The summed E-state index contributed by atoms with van der Waals surface area (Å²) in [5.74, 6) is -1.31. The molecule has 1 saturated heterocycles. The van der Waals surface area contributed by atoms with Crippen LogP contribution >= 0.6 is 0 Å². The van der Waals surface area contributed by atoms with E-state index in [9.17, 15) is 14.0 Å². The molecule has 1 N–H and O–H groups in total. The summed E-state index contributed by atoms with van der Waals surface area (Å²) in [4.78, 5) is 24.2. The second-order valence-corrected chi connectivity index (χ2v) is 7.16. The van der Waals surface area contributed by atoms with E-state index in [1.165, 1.54) is 13.0 Å². The van der Waals surface area contributed by atoms with Crippen LogP contribution < -0.4 is 5.43 Å². The first-order valence-electron chi connectivity index (χ1n) is 9.91. The molecule has 3 rings (SSSR count). The smallest absolute Gasteiger partial charge is 0.212 e. The fraction of sp³-hybridized carbons (Fsp3) is 0.348. The minimum atomic E-state index is -0.565. The maximum Gasteiger partial charge on any atom is 0.212 e. The largest absolute Gasteiger partial charge is 0.381 e. The molecule has 0 bridgehead atoms. The lowest BCUT2D eigenvalue weighted by Crippen LogP contribution is -2.27. The standard InChI is InChI=1S/C23H25FN2O4/c1-16(27)23(22(28)15-30-14-17-5-3-2-4-6-17)26-25-21-8-7-19(13-20(21)24)18-9-11-29-12-10-18/h2-8,13,18,25H,9-12,14-15H2,1H3. The Hall–Kier alpha value is -2.90. The number of ether oxygens (including phenoxy) is 2. The highest BCUT2D eigenvalue weighted by atomic mass is 19.1. The van der Waals surface area contributed by atoms with Gasteiger partial charge in [-0.2, -0.15) is 5.10 Å². The fourth-order valence-electron chi connectivity index (χ4n) is 3.26. The highest BCUT2D eigenvalue weighted by molar-refractivity contribution is 6.66. The Morgan fingerprint density at radius 3 is 2.57 bits per heavy atom. The van der Waals surface area contributed by atoms with Gasteiger partial charge in [0, 0.05) is 20.1 Å². The lowest BCUT2D eigenvalue weighted by atomic mass is 9.91. The molecule has 0 atom stereocenters. The van der Waals surface area contributed by atoms with Gasteiger partial charge < -0.3 is 9.47 Å². The first kappa shape index (κ1) is 21.8. The Morgan fingerprint density at radius 2 is 1.90 bits per heavy atom. The summed E-state index contributed by atoms with van der Waals surface area (Å²) in [6, 6.07) is 14.2. The van der Waals surface area contributed by atoms with E-state index < -0.39 is 17.4 Å². The second kappa shape index (κ2) is 10.8. The topological polar surface area (TPSA) is 77.0 Å². The summed E-state index contributed by atoms with van der Waals surface area (Å²) in [5.41, 5.74) is 4.11. The third kappa shape index (κ3) is 6.05. The molecular weight excluding hydrogens is 387 g/mol. The Balaban J connectivity index is 1.61. The molecule has 0 spiro atoms. The van der Waals surface area contributed by atoms with E-state index >= 15 is 0 Å². The van der Waals surface area contributed by atoms with Crippen molar-refractivity contribution < 1.29 is 23.5 Å². The van der Waals surface area contributed by atoms with Crippen molar-refractivity contribution in [2.75, 3.05) is 25.2 Å². The zero-order valence-corrected chi connectivity index (χ0v) is 16.9. The number of carbonyl (C=O) groups excluding carboxylic acids is 2. The van der Waals surface area contributed by atoms with Crippen LogP contribution in [-0.2, 0) is 25.7 Å². The van der Waals surface area contributed by atoms with Crippen molar-refractivity contribution in [2.45, 2.75) is 32.3 Å². The quantitative estimate of drug-likeness (QED) is 0.384. The van der Waals surface area contributed by atoms with Crippen LogP contribution in [0.4, 0.5) is 10.1 Å². The first-order valence-corrected chi connectivity index (χ1v) is 9.91. The maximum atomic E-state index is 14.5. The zero-order chi connectivity index (χ0) is 21.3. The third-order valence-electron chi connectivity index (χ3n) is 4.92. The van der Waals surface area contributed by atoms with E-state index in [2.05, 4.69) is 10.5 Å². The molecule has 1 fully saturated rings. The van der Waals surface area contributed by atoms with Gasteiger partial charge in [-0.05, 0) is 42.0 Å². The van der Waals surface area contributed by atoms with Crippen LogP contribution in [-0.4, -0.2) is 37.1 Å². The zero-order valence-electron chi connectivity index (χ0n) is 16.9. The lowest BCUT2D eigenvalue weighted by molar-refractivity contribution is -0.119. The predicted octanol–water partition coefficient (Wildman–Crippen LogP) is 3.86. The molecule has 158 valence electrons. The van der Waals surface area contributed by atoms with Crippen LogP contribution in [0.25, 0.3) is 0 Å². The number of hydrazone groups is 1. The van der Waals surface area contributed by atoms with E-state index in [0.717, 1.165) is 24.0 Å². The van der Waals surface area contributed by atoms with Gasteiger partial charge in [0.15, 0.2) is 11.5 Å². The highest BCUT2D eigenvalue weighted by Crippen LogP contribution is 2.29. The number of Topliss-reactive ketones (excluding diaryl/α,β-unsaturated/α-hetero) is 2. The second-order valence-electron chi connectivity index (χ2n) is 7.16. The molecule has 2 aromatic rings. The Morgan fingerprint density at radius 1 is 1.17 bits per heavy atom. The summed E-state index contributed by atoms with van der Waals surface area (Å²) in [5, 5.41) is 3.85. The molecular formula is C23H25FN2O4. The summed E-state index contributed by atoms with van der Waals surface area (Å²) in [7, 11) is 0. The molecule has 0 aliphatic carbocycles. The van der Waals surface area contributed by atoms with E-state index in [4.69, 9.17) is 9.47 Å². The highest BCUT2D eigenvalue weighted by Gasteiger charge is 2.19. The van der Waals surface area contributed by atoms with Gasteiger partial charge in [-0.1, -0.05) is 36.4 Å². The molecule has 2 aromatic carbocycles. The maximum absolute atomic E-state index is 14.5. The average molecular weight is 412 g/mol. The average Bonchev–Trinajstić information content (AvgIpc) is 2.76. The summed E-state index contributed by atoms with van der Waals surface area (Å²) >= 11 is 0. The Kier molecular flexibility index (Phi) is 7.82. The van der Waals surface area contributed by atoms with Crippen molar-refractivity contribution in [3.05, 3.63) is 65.5 Å². The lowest BCUT2D eigenvalue weighted by Gasteiger charge is -2.22. The Labute approximate surface area is 175 Å². The number of rotatable bonds is 9. The summed E-state index contributed by atoms with van der Waals surface area (Å²) in [6.07, 6.45) is 1.71. The van der Waals surface area contributed by atoms with E-state index in [1.807, 2.05) is 36.4 Å². The summed E-state index contributed by atoms with van der Waals surface area (Å²) < 4.78 is 25.2. The van der Waals surface area contributed by atoms with Crippen molar-refractivity contribution in [3.8, 4) is 0 Å². The van der Waals surface area contributed by atoms with Gasteiger partial charge in [-0.25, -0.2) is 4.39 Å². The molecule has 0 unspecified atom stereocenters. The number of halogens is 1. The van der Waals surface area contributed by atoms with Crippen LogP contribution in [0.15, 0.2) is 53.6 Å². The van der Waals surface area contributed by atoms with E-state index in [0.29, 0.717) is 13.2 Å². The molecule has 7 heteroatoms. The van der Waals surface area contributed by atoms with Crippen molar-refractivity contribution in [1.29, 1.82) is 0 Å². The van der Waals surface area contributed by atoms with Gasteiger partial charge in [0.2, 0.25) is 5.78 Å². The molecule has 0 aromatic heterocycles. The monoisotopic (exact) mass is 412 g/mol. The predicted molar refractivity (Wildman–Crippen MR) is 112 cm³/mol. The van der Waals surface area contributed by atoms with Crippen molar-refractivity contribution >= 4 is 23.0 Å². The molecule has 1 aliphatic heterocycles. The minimum absolute atomic E-state index is 0.0996. The molecule has 1 aliphatic rings. The van der Waals surface area contributed by atoms with E-state index in [-0.39, 0.29) is 30.5 Å². The van der Waals surface area contributed by atoms with Crippen LogP contribution in [0.5, 0.6) is 0 Å².